The van der Waals surface area contributed by atoms with Gasteiger partial charge < -0.3 is 14.8 Å². The molecule has 3 aromatic rings. The van der Waals surface area contributed by atoms with Gasteiger partial charge in [0.1, 0.15) is 12.4 Å². The molecule has 1 atom stereocenters. The van der Waals surface area contributed by atoms with Gasteiger partial charge in [-0.15, -0.1) is 11.8 Å². The van der Waals surface area contributed by atoms with Crippen molar-refractivity contribution in [3.8, 4) is 17.2 Å². The highest BCUT2D eigenvalue weighted by Gasteiger charge is 2.40. The number of hydrogen-bond acceptors (Lipinski definition) is 6. The third-order valence-corrected chi connectivity index (χ3v) is 8.34. The lowest BCUT2D eigenvalue weighted by atomic mass is 9.87. The van der Waals surface area contributed by atoms with Crippen LogP contribution in [0, 0.1) is 6.92 Å². The highest BCUT2D eigenvalue weighted by atomic mass is 32.2. The van der Waals surface area contributed by atoms with E-state index in [1.807, 2.05) is 54.1 Å². The number of thioether (sulfide) groups is 1. The molecule has 0 radical (unpaired) electrons. The second-order valence-corrected chi connectivity index (χ2v) is 12.3. The van der Waals surface area contributed by atoms with E-state index < -0.39 is 0 Å². The Kier molecular flexibility index (Phi) is 6.13. The number of nitrogens with zero attached hydrogens (tertiary/aromatic N) is 3. The Morgan fingerprint density at radius 3 is 2.63 bits per heavy atom. The molecule has 1 fully saturated rings. The standard InChI is InChI=1S/C29H32N4O4S/c1-17-7-5-6-8-20(17)33-28-25(27(31-33)29(2,3)4)26(18-9-12-21-22(13-18)37-16-36-21)38-15-24(35)32(28)14-23(34)30-19-10-11-19/h5-9,12-13,19,26H,10-11,14-16H2,1-4H3,(H,30,34). The molecule has 0 saturated heterocycles. The van der Waals surface area contributed by atoms with E-state index in [1.54, 1.807) is 16.7 Å². The lowest BCUT2D eigenvalue weighted by molar-refractivity contribution is -0.123. The molecule has 3 aliphatic rings. The topological polar surface area (TPSA) is 85.7 Å². The van der Waals surface area contributed by atoms with Crippen molar-refractivity contribution < 1.29 is 19.1 Å². The molecule has 1 aromatic heterocycles. The molecule has 2 amide bonds. The van der Waals surface area contributed by atoms with Gasteiger partial charge in [-0.05, 0) is 49.1 Å². The van der Waals surface area contributed by atoms with Crippen LogP contribution in [0.1, 0.15) is 61.2 Å². The maximum Gasteiger partial charge on any atom is 0.240 e. The first-order chi connectivity index (χ1) is 18.2. The third kappa shape index (κ3) is 4.53. The van der Waals surface area contributed by atoms with Crippen molar-refractivity contribution in [1.29, 1.82) is 0 Å². The van der Waals surface area contributed by atoms with Gasteiger partial charge in [0, 0.05) is 17.0 Å². The van der Waals surface area contributed by atoms with E-state index in [2.05, 4.69) is 26.1 Å². The van der Waals surface area contributed by atoms with E-state index in [9.17, 15) is 9.59 Å². The van der Waals surface area contributed by atoms with Crippen LogP contribution in [0.5, 0.6) is 11.5 Å². The summed E-state index contributed by atoms with van der Waals surface area (Å²) in [5.41, 5.74) is 4.46. The van der Waals surface area contributed by atoms with Crippen LogP contribution < -0.4 is 19.7 Å². The zero-order valence-electron chi connectivity index (χ0n) is 22.1. The summed E-state index contributed by atoms with van der Waals surface area (Å²) in [7, 11) is 0. The van der Waals surface area contributed by atoms with E-state index in [-0.39, 0.29) is 47.6 Å². The quantitative estimate of drug-likeness (QED) is 0.515. The average molecular weight is 533 g/mol. The Hall–Kier alpha value is -3.46. The molecule has 0 spiro atoms. The lowest BCUT2D eigenvalue weighted by Gasteiger charge is -2.25. The number of fused-ring (bicyclic) bond motifs is 2. The molecule has 1 unspecified atom stereocenters. The first-order valence-corrected chi connectivity index (χ1v) is 14.1. The van der Waals surface area contributed by atoms with Gasteiger partial charge in [0.2, 0.25) is 18.6 Å². The van der Waals surface area contributed by atoms with E-state index in [4.69, 9.17) is 14.6 Å². The predicted molar refractivity (Wildman–Crippen MR) is 147 cm³/mol. The number of amides is 2. The number of para-hydroxylation sites is 1. The van der Waals surface area contributed by atoms with Crippen molar-refractivity contribution >= 4 is 29.4 Å². The van der Waals surface area contributed by atoms with Gasteiger partial charge in [0.15, 0.2) is 11.5 Å². The van der Waals surface area contributed by atoms with Crippen molar-refractivity contribution in [2.24, 2.45) is 0 Å². The Morgan fingerprint density at radius 1 is 1.13 bits per heavy atom. The molecular weight excluding hydrogens is 500 g/mol. The van der Waals surface area contributed by atoms with Crippen molar-refractivity contribution in [2.75, 3.05) is 24.0 Å². The summed E-state index contributed by atoms with van der Waals surface area (Å²) in [4.78, 5) is 28.4. The van der Waals surface area contributed by atoms with Crippen LogP contribution in [-0.4, -0.2) is 46.7 Å². The molecule has 2 aromatic carbocycles. The van der Waals surface area contributed by atoms with Crippen LogP contribution in [0.3, 0.4) is 0 Å². The van der Waals surface area contributed by atoms with Crippen LogP contribution in [0.25, 0.3) is 5.69 Å². The maximum atomic E-state index is 13.7. The van der Waals surface area contributed by atoms with Crippen LogP contribution >= 0.6 is 11.8 Å². The molecule has 9 heteroatoms. The smallest absolute Gasteiger partial charge is 0.240 e. The number of nitrogens with one attached hydrogen (secondary N) is 1. The van der Waals surface area contributed by atoms with Crippen LogP contribution in [-0.2, 0) is 15.0 Å². The fourth-order valence-corrected chi connectivity index (χ4v) is 6.21. The number of rotatable bonds is 5. The second-order valence-electron chi connectivity index (χ2n) is 11.2. The van der Waals surface area contributed by atoms with Gasteiger partial charge in [0.05, 0.1) is 22.4 Å². The molecule has 2 aliphatic heterocycles. The molecule has 1 aliphatic carbocycles. The minimum atomic E-state index is -0.317. The van der Waals surface area contributed by atoms with E-state index in [0.29, 0.717) is 17.3 Å². The van der Waals surface area contributed by atoms with Crippen molar-refractivity contribution in [3.05, 3.63) is 64.8 Å². The molecule has 3 heterocycles. The van der Waals surface area contributed by atoms with Gasteiger partial charge in [-0.1, -0.05) is 45.0 Å². The maximum absolute atomic E-state index is 13.7. The number of hydrogen-bond donors (Lipinski definition) is 1. The van der Waals surface area contributed by atoms with Crippen LogP contribution in [0.15, 0.2) is 42.5 Å². The first-order valence-electron chi connectivity index (χ1n) is 13.0. The Labute approximate surface area is 226 Å². The third-order valence-electron chi connectivity index (χ3n) is 7.09. The van der Waals surface area contributed by atoms with E-state index >= 15 is 0 Å². The monoisotopic (exact) mass is 532 g/mol. The zero-order chi connectivity index (χ0) is 26.6. The lowest BCUT2D eigenvalue weighted by Crippen LogP contribution is -2.43. The molecule has 1 saturated carbocycles. The summed E-state index contributed by atoms with van der Waals surface area (Å²) in [5, 5.41) is 8.04. The molecular formula is C29H32N4O4S. The number of ether oxygens (including phenoxy) is 2. The second kappa shape index (κ2) is 9.38. The number of aryl methyl sites for hydroxylation is 1. The fourth-order valence-electron chi connectivity index (χ4n) is 5.03. The van der Waals surface area contributed by atoms with Crippen molar-refractivity contribution in [1.82, 2.24) is 15.1 Å². The Bertz CT molecular complexity index is 1420. The summed E-state index contributed by atoms with van der Waals surface area (Å²) >= 11 is 1.56. The van der Waals surface area contributed by atoms with Gasteiger partial charge in [-0.2, -0.15) is 5.10 Å². The number of carbonyl (C=O) groups excluding carboxylic acids is 2. The summed E-state index contributed by atoms with van der Waals surface area (Å²) in [5.74, 6) is 2.06. The number of benzene rings is 2. The van der Waals surface area contributed by atoms with Crippen LogP contribution in [0.2, 0.25) is 0 Å². The number of carbonyl (C=O) groups is 2. The zero-order valence-corrected chi connectivity index (χ0v) is 22.9. The average Bonchev–Trinajstić information content (AvgIpc) is 3.44. The minimum Gasteiger partial charge on any atom is -0.454 e. The molecule has 38 heavy (non-hydrogen) atoms. The summed E-state index contributed by atoms with van der Waals surface area (Å²) in [6.07, 6.45) is 1.98. The van der Waals surface area contributed by atoms with E-state index in [1.165, 1.54) is 0 Å². The molecule has 8 nitrogen and oxygen atoms in total. The summed E-state index contributed by atoms with van der Waals surface area (Å²) in [6.45, 7) is 8.59. The van der Waals surface area contributed by atoms with Crippen molar-refractivity contribution in [3.63, 3.8) is 0 Å². The van der Waals surface area contributed by atoms with Gasteiger partial charge in [0.25, 0.3) is 0 Å². The normalized spacial score (nSPS) is 18.8. The predicted octanol–water partition coefficient (Wildman–Crippen LogP) is 4.65. The van der Waals surface area contributed by atoms with Crippen molar-refractivity contribution in [2.45, 2.75) is 57.2 Å². The Morgan fingerprint density at radius 2 is 1.89 bits per heavy atom. The summed E-state index contributed by atoms with van der Waals surface area (Å²) < 4.78 is 13.1. The fraction of sp³-hybridized carbons (Fsp3) is 0.414. The number of aromatic nitrogens is 2. The molecule has 198 valence electrons. The summed E-state index contributed by atoms with van der Waals surface area (Å²) in [6, 6.07) is 14.2. The highest BCUT2D eigenvalue weighted by Crippen LogP contribution is 2.50. The molecule has 6 rings (SSSR count). The Balaban J connectivity index is 1.57. The largest absolute Gasteiger partial charge is 0.454 e. The first kappa shape index (κ1) is 24.9. The van der Waals surface area contributed by atoms with Gasteiger partial charge >= 0.3 is 0 Å². The number of anilines is 1. The van der Waals surface area contributed by atoms with E-state index in [0.717, 1.165) is 40.9 Å². The van der Waals surface area contributed by atoms with Gasteiger partial charge in [-0.3, -0.25) is 14.5 Å². The molecule has 1 N–H and O–H groups in total. The van der Waals surface area contributed by atoms with Gasteiger partial charge in [-0.25, -0.2) is 4.68 Å². The minimum absolute atomic E-state index is 0.0437. The highest BCUT2D eigenvalue weighted by molar-refractivity contribution is 8.00. The SMILES string of the molecule is Cc1ccccc1-n1nc(C(C)(C)C)c2c1N(CC(=O)NC1CC1)C(=O)CSC2c1ccc2c(c1)OCO2. The molecule has 0 bridgehead atoms. The van der Waals surface area contributed by atoms with Crippen LogP contribution in [0.4, 0.5) is 5.82 Å².